The molecule has 0 bridgehead atoms. The highest BCUT2D eigenvalue weighted by molar-refractivity contribution is 4.73. The molecule has 0 aliphatic carbocycles. The van der Waals surface area contributed by atoms with E-state index in [-0.39, 0.29) is 0 Å². The highest BCUT2D eigenvalue weighted by Crippen LogP contribution is 2.03. The van der Waals surface area contributed by atoms with Gasteiger partial charge in [-0.3, -0.25) is 4.90 Å². The van der Waals surface area contributed by atoms with Gasteiger partial charge in [-0.05, 0) is 25.9 Å². The Morgan fingerprint density at radius 2 is 1.88 bits per heavy atom. The van der Waals surface area contributed by atoms with Crippen molar-refractivity contribution >= 4 is 0 Å². The molecule has 1 saturated heterocycles. The molecule has 0 saturated carbocycles. The molecule has 0 spiro atoms. The van der Waals surface area contributed by atoms with E-state index in [0.29, 0.717) is 6.10 Å². The van der Waals surface area contributed by atoms with Gasteiger partial charge >= 0.3 is 0 Å². The lowest BCUT2D eigenvalue weighted by Gasteiger charge is -2.33. The average Bonchev–Trinajstić information content (AvgIpc) is 2.36. The molecule has 1 aliphatic rings. The highest BCUT2D eigenvalue weighted by Gasteiger charge is 2.19. The Morgan fingerprint density at radius 3 is 2.65 bits per heavy atom. The van der Waals surface area contributed by atoms with E-state index in [1.807, 2.05) is 0 Å². The minimum absolute atomic E-state index is 0.376. The summed E-state index contributed by atoms with van der Waals surface area (Å²) in [6.45, 7) is 12.9. The number of hydrogen-bond acceptors (Lipinski definition) is 4. The molecule has 1 heterocycles. The maximum atomic E-state index is 5.76. The predicted octanol–water partition coefficient (Wildman–Crippen LogP) is 0.686. The molecule has 0 amide bonds. The topological polar surface area (TPSA) is 36.5 Å². The van der Waals surface area contributed by atoms with Crippen LogP contribution < -0.4 is 10.6 Å². The summed E-state index contributed by atoms with van der Waals surface area (Å²) < 4.78 is 5.76. The van der Waals surface area contributed by atoms with E-state index >= 15 is 0 Å². The molecule has 102 valence electrons. The van der Waals surface area contributed by atoms with Crippen LogP contribution in [0.4, 0.5) is 0 Å². The largest absolute Gasteiger partial charge is 0.374 e. The van der Waals surface area contributed by atoms with E-state index in [0.717, 1.165) is 52.4 Å². The quantitative estimate of drug-likeness (QED) is 0.584. The molecule has 1 aliphatic heterocycles. The van der Waals surface area contributed by atoms with Crippen LogP contribution in [-0.2, 0) is 4.74 Å². The molecule has 4 nitrogen and oxygen atoms in total. The number of hydrogen-bond donors (Lipinski definition) is 2. The number of nitrogens with zero attached hydrogens (tertiary/aromatic N) is 1. The van der Waals surface area contributed by atoms with Gasteiger partial charge < -0.3 is 15.4 Å². The van der Waals surface area contributed by atoms with Crippen LogP contribution in [-0.4, -0.2) is 63.4 Å². The van der Waals surface area contributed by atoms with Crippen molar-refractivity contribution in [3.8, 4) is 0 Å². The minimum atomic E-state index is 0.376. The molecule has 17 heavy (non-hydrogen) atoms. The molecule has 0 radical (unpaired) electrons. The fourth-order valence-corrected chi connectivity index (χ4v) is 2.09. The van der Waals surface area contributed by atoms with Crippen LogP contribution in [0.15, 0.2) is 0 Å². The number of nitrogens with one attached hydrogen (secondary N) is 2. The Balaban J connectivity index is 2.06. The summed E-state index contributed by atoms with van der Waals surface area (Å²) in [5.41, 5.74) is 0. The second-order valence-electron chi connectivity index (χ2n) is 4.75. The van der Waals surface area contributed by atoms with Crippen LogP contribution in [0.2, 0.25) is 0 Å². The molecule has 2 N–H and O–H groups in total. The molecular formula is C13H29N3O. The van der Waals surface area contributed by atoms with Gasteiger partial charge in [0.15, 0.2) is 0 Å². The van der Waals surface area contributed by atoms with Gasteiger partial charge in [-0.15, -0.1) is 0 Å². The van der Waals surface area contributed by atoms with Gasteiger partial charge in [0.05, 0.1) is 12.7 Å². The summed E-state index contributed by atoms with van der Waals surface area (Å²) in [5, 5.41) is 6.89. The number of ether oxygens (including phenoxy) is 1. The lowest BCUT2D eigenvalue weighted by molar-refractivity contribution is -0.0264. The van der Waals surface area contributed by atoms with Crippen LogP contribution in [0.25, 0.3) is 0 Å². The molecule has 1 atom stereocenters. The Morgan fingerprint density at radius 1 is 1.12 bits per heavy atom. The van der Waals surface area contributed by atoms with Crippen molar-refractivity contribution in [3.05, 3.63) is 0 Å². The fraction of sp³-hybridized carbons (Fsp3) is 1.00. The lowest BCUT2D eigenvalue weighted by Crippen LogP contribution is -2.48. The summed E-state index contributed by atoms with van der Waals surface area (Å²) in [6.07, 6.45) is 2.78. The summed E-state index contributed by atoms with van der Waals surface area (Å²) >= 11 is 0. The molecule has 0 aromatic heterocycles. The van der Waals surface area contributed by atoms with E-state index < -0.39 is 0 Å². The van der Waals surface area contributed by atoms with Crippen LogP contribution in [0.3, 0.4) is 0 Å². The summed E-state index contributed by atoms with van der Waals surface area (Å²) in [4.78, 5) is 2.50. The molecule has 0 aromatic rings. The van der Waals surface area contributed by atoms with Crippen molar-refractivity contribution < 1.29 is 4.74 Å². The Labute approximate surface area is 106 Å². The van der Waals surface area contributed by atoms with Crippen LogP contribution in [0, 0.1) is 0 Å². The third kappa shape index (κ3) is 6.99. The SMILES string of the molecule is CCCNCCN1CCO[C@H](CNCCC)C1. The lowest BCUT2D eigenvalue weighted by atomic mass is 10.2. The summed E-state index contributed by atoms with van der Waals surface area (Å²) in [5.74, 6) is 0. The second kappa shape index (κ2) is 9.83. The van der Waals surface area contributed by atoms with Crippen LogP contribution in [0.1, 0.15) is 26.7 Å². The summed E-state index contributed by atoms with van der Waals surface area (Å²) in [6, 6.07) is 0. The van der Waals surface area contributed by atoms with Crippen molar-refractivity contribution in [3.63, 3.8) is 0 Å². The van der Waals surface area contributed by atoms with Crippen molar-refractivity contribution in [2.45, 2.75) is 32.8 Å². The van der Waals surface area contributed by atoms with E-state index in [9.17, 15) is 0 Å². The first kappa shape index (κ1) is 14.9. The van der Waals surface area contributed by atoms with Gasteiger partial charge in [0.25, 0.3) is 0 Å². The van der Waals surface area contributed by atoms with Gasteiger partial charge in [0.1, 0.15) is 0 Å². The number of morpholine rings is 1. The average molecular weight is 243 g/mol. The minimum Gasteiger partial charge on any atom is -0.374 e. The van der Waals surface area contributed by atoms with E-state index in [2.05, 4.69) is 29.4 Å². The third-order valence-corrected chi connectivity index (χ3v) is 3.05. The monoisotopic (exact) mass is 243 g/mol. The maximum absolute atomic E-state index is 5.76. The Bertz CT molecular complexity index is 178. The van der Waals surface area contributed by atoms with Gasteiger partial charge in [-0.25, -0.2) is 0 Å². The summed E-state index contributed by atoms with van der Waals surface area (Å²) in [7, 11) is 0. The van der Waals surface area contributed by atoms with Crippen LogP contribution in [0.5, 0.6) is 0 Å². The first-order valence-electron chi connectivity index (χ1n) is 7.12. The highest BCUT2D eigenvalue weighted by atomic mass is 16.5. The van der Waals surface area contributed by atoms with E-state index in [4.69, 9.17) is 4.74 Å². The van der Waals surface area contributed by atoms with Crippen molar-refractivity contribution in [2.24, 2.45) is 0 Å². The first-order valence-corrected chi connectivity index (χ1v) is 7.12. The van der Waals surface area contributed by atoms with Crippen molar-refractivity contribution in [1.29, 1.82) is 0 Å². The normalized spacial score (nSPS) is 21.9. The zero-order valence-corrected chi connectivity index (χ0v) is 11.5. The molecule has 0 aromatic carbocycles. The zero-order chi connectivity index (χ0) is 12.3. The Kier molecular flexibility index (Phi) is 8.61. The molecule has 1 rings (SSSR count). The standard InChI is InChI=1S/C13H29N3O/c1-3-5-14-7-8-16-9-10-17-13(12-16)11-15-6-4-2/h13-15H,3-12H2,1-2H3/t13-/m1/s1. The predicted molar refractivity (Wildman–Crippen MR) is 72.5 cm³/mol. The van der Waals surface area contributed by atoms with Gasteiger partial charge in [0, 0.05) is 32.7 Å². The van der Waals surface area contributed by atoms with E-state index in [1.165, 1.54) is 12.8 Å². The van der Waals surface area contributed by atoms with Crippen LogP contribution >= 0.6 is 0 Å². The molecule has 4 heteroatoms. The first-order chi connectivity index (χ1) is 8.36. The number of rotatable bonds is 9. The smallest absolute Gasteiger partial charge is 0.0826 e. The van der Waals surface area contributed by atoms with Crippen molar-refractivity contribution in [1.82, 2.24) is 15.5 Å². The van der Waals surface area contributed by atoms with Gasteiger partial charge in [-0.2, -0.15) is 0 Å². The Hall–Kier alpha value is -0.160. The second-order valence-corrected chi connectivity index (χ2v) is 4.75. The van der Waals surface area contributed by atoms with Gasteiger partial charge in [-0.1, -0.05) is 13.8 Å². The molecular weight excluding hydrogens is 214 g/mol. The molecule has 1 fully saturated rings. The fourth-order valence-electron chi connectivity index (χ4n) is 2.09. The zero-order valence-electron chi connectivity index (χ0n) is 11.5. The van der Waals surface area contributed by atoms with E-state index in [1.54, 1.807) is 0 Å². The third-order valence-electron chi connectivity index (χ3n) is 3.05. The van der Waals surface area contributed by atoms with Gasteiger partial charge in [0.2, 0.25) is 0 Å². The van der Waals surface area contributed by atoms with Crippen molar-refractivity contribution in [2.75, 3.05) is 52.4 Å². The molecule has 0 unspecified atom stereocenters. The maximum Gasteiger partial charge on any atom is 0.0826 e.